The third-order valence-corrected chi connectivity index (χ3v) is 4.01. The van der Waals surface area contributed by atoms with Crippen molar-refractivity contribution < 1.29 is 9.90 Å². The third kappa shape index (κ3) is 5.32. The summed E-state index contributed by atoms with van der Waals surface area (Å²) in [5, 5.41) is 13.2. The number of carbonyl (C=O) groups excluding carboxylic acids is 1. The molecule has 0 bridgehead atoms. The molecule has 0 fully saturated rings. The minimum Gasteiger partial charge on any atom is -0.383 e. The third-order valence-electron chi connectivity index (χ3n) is 2.31. The SMILES string of the molecule is CSCC[C@H](O)C(=O)NCCSc1nccn1C. The fraction of sp³-hybridized carbons (Fsp3) is 0.636. The van der Waals surface area contributed by atoms with Crippen LogP contribution in [0.1, 0.15) is 6.42 Å². The summed E-state index contributed by atoms with van der Waals surface area (Å²) in [6.07, 6.45) is 5.18. The first kappa shape index (κ1) is 15.4. The van der Waals surface area contributed by atoms with Gasteiger partial charge in [0.15, 0.2) is 5.16 Å². The van der Waals surface area contributed by atoms with Gasteiger partial charge in [-0.25, -0.2) is 4.98 Å². The Kier molecular flexibility index (Phi) is 7.22. The molecule has 1 rings (SSSR count). The highest BCUT2D eigenvalue weighted by Gasteiger charge is 2.13. The lowest BCUT2D eigenvalue weighted by Crippen LogP contribution is -2.36. The highest BCUT2D eigenvalue weighted by atomic mass is 32.2. The van der Waals surface area contributed by atoms with E-state index in [9.17, 15) is 9.90 Å². The lowest BCUT2D eigenvalue weighted by atomic mass is 10.2. The molecule has 0 unspecified atom stereocenters. The number of aliphatic hydroxyl groups is 1. The number of nitrogens with one attached hydrogen (secondary N) is 1. The summed E-state index contributed by atoms with van der Waals surface area (Å²) >= 11 is 3.20. The predicted octanol–water partition coefficient (Wildman–Crippen LogP) is 0.742. The lowest BCUT2D eigenvalue weighted by molar-refractivity contribution is -0.129. The largest absolute Gasteiger partial charge is 0.383 e. The van der Waals surface area contributed by atoms with E-state index < -0.39 is 6.10 Å². The molecule has 0 saturated carbocycles. The van der Waals surface area contributed by atoms with Crippen LogP contribution in [0.5, 0.6) is 0 Å². The van der Waals surface area contributed by atoms with Crippen LogP contribution in [0.3, 0.4) is 0 Å². The van der Waals surface area contributed by atoms with Gasteiger partial charge in [-0.3, -0.25) is 4.79 Å². The molecule has 18 heavy (non-hydrogen) atoms. The van der Waals surface area contributed by atoms with Gasteiger partial charge in [0.2, 0.25) is 5.91 Å². The van der Waals surface area contributed by atoms with Gasteiger partial charge in [0.05, 0.1) is 0 Å². The zero-order chi connectivity index (χ0) is 13.4. The van der Waals surface area contributed by atoms with E-state index in [0.717, 1.165) is 16.7 Å². The first-order valence-electron chi connectivity index (χ1n) is 5.70. The molecule has 1 amide bonds. The van der Waals surface area contributed by atoms with Crippen LogP contribution in [0.25, 0.3) is 0 Å². The number of carbonyl (C=O) groups is 1. The summed E-state index contributed by atoms with van der Waals surface area (Å²) in [4.78, 5) is 15.6. The van der Waals surface area contributed by atoms with Crippen molar-refractivity contribution in [1.29, 1.82) is 0 Å². The van der Waals surface area contributed by atoms with Crippen LogP contribution < -0.4 is 5.32 Å². The van der Waals surface area contributed by atoms with Crippen molar-refractivity contribution in [3.05, 3.63) is 12.4 Å². The van der Waals surface area contributed by atoms with Gasteiger partial charge in [0, 0.05) is 31.7 Å². The van der Waals surface area contributed by atoms with Crippen molar-refractivity contribution in [2.75, 3.05) is 24.3 Å². The number of aryl methyl sites for hydroxylation is 1. The molecule has 0 radical (unpaired) electrons. The minimum atomic E-state index is -0.893. The molecule has 102 valence electrons. The smallest absolute Gasteiger partial charge is 0.248 e. The fourth-order valence-electron chi connectivity index (χ4n) is 1.29. The molecule has 0 aliphatic rings. The Morgan fingerprint density at radius 1 is 1.61 bits per heavy atom. The summed E-state index contributed by atoms with van der Waals surface area (Å²) in [7, 11) is 1.93. The first-order valence-corrected chi connectivity index (χ1v) is 8.08. The monoisotopic (exact) mass is 289 g/mol. The van der Waals surface area contributed by atoms with Gasteiger partial charge in [-0.1, -0.05) is 11.8 Å². The van der Waals surface area contributed by atoms with Crippen molar-refractivity contribution in [3.63, 3.8) is 0 Å². The second kappa shape index (κ2) is 8.44. The molecule has 2 N–H and O–H groups in total. The number of thioether (sulfide) groups is 2. The van der Waals surface area contributed by atoms with Gasteiger partial charge in [0.25, 0.3) is 0 Å². The molecule has 5 nitrogen and oxygen atoms in total. The van der Waals surface area contributed by atoms with Gasteiger partial charge in [-0.15, -0.1) is 0 Å². The molecular formula is C11H19N3O2S2. The van der Waals surface area contributed by atoms with Gasteiger partial charge in [0.1, 0.15) is 6.10 Å². The molecule has 0 saturated heterocycles. The predicted molar refractivity (Wildman–Crippen MR) is 75.9 cm³/mol. The Morgan fingerprint density at radius 2 is 2.39 bits per heavy atom. The quantitative estimate of drug-likeness (QED) is 0.546. The summed E-state index contributed by atoms with van der Waals surface area (Å²) in [6.45, 7) is 0.534. The summed E-state index contributed by atoms with van der Waals surface area (Å²) in [5.41, 5.74) is 0. The molecule has 1 heterocycles. The van der Waals surface area contributed by atoms with Crippen molar-refractivity contribution in [1.82, 2.24) is 14.9 Å². The average molecular weight is 289 g/mol. The van der Waals surface area contributed by atoms with Crippen LogP contribution in [0.4, 0.5) is 0 Å². The average Bonchev–Trinajstić information content (AvgIpc) is 2.77. The normalized spacial score (nSPS) is 12.4. The van der Waals surface area contributed by atoms with E-state index in [1.807, 2.05) is 24.1 Å². The highest BCUT2D eigenvalue weighted by molar-refractivity contribution is 7.99. The topological polar surface area (TPSA) is 67.2 Å². The minimum absolute atomic E-state index is 0.288. The molecule has 0 aliphatic carbocycles. The van der Waals surface area contributed by atoms with Crippen LogP contribution in [0, 0.1) is 0 Å². The van der Waals surface area contributed by atoms with Crippen molar-refractivity contribution in [2.45, 2.75) is 17.7 Å². The van der Waals surface area contributed by atoms with Gasteiger partial charge in [-0.2, -0.15) is 11.8 Å². The van der Waals surface area contributed by atoms with Crippen LogP contribution >= 0.6 is 23.5 Å². The summed E-state index contributed by atoms with van der Waals surface area (Å²) in [5.74, 6) is 1.24. The van der Waals surface area contributed by atoms with Gasteiger partial charge in [-0.05, 0) is 18.4 Å². The molecule has 0 aliphatic heterocycles. The number of aromatic nitrogens is 2. The Hall–Kier alpha value is -0.660. The van der Waals surface area contributed by atoms with E-state index in [1.54, 1.807) is 29.7 Å². The Balaban J connectivity index is 2.14. The Morgan fingerprint density at radius 3 is 3.00 bits per heavy atom. The van der Waals surface area contributed by atoms with Gasteiger partial charge >= 0.3 is 0 Å². The highest BCUT2D eigenvalue weighted by Crippen LogP contribution is 2.12. The second-order valence-corrected chi connectivity index (χ2v) is 5.81. The number of hydrogen-bond acceptors (Lipinski definition) is 5. The van der Waals surface area contributed by atoms with Crippen molar-refractivity contribution >= 4 is 29.4 Å². The van der Waals surface area contributed by atoms with E-state index in [1.165, 1.54) is 0 Å². The van der Waals surface area contributed by atoms with E-state index in [2.05, 4.69) is 10.3 Å². The number of hydrogen-bond donors (Lipinski definition) is 2. The Labute approximate surface area is 116 Å². The number of amides is 1. The number of imidazole rings is 1. The lowest BCUT2D eigenvalue weighted by Gasteiger charge is -2.10. The molecule has 1 aromatic rings. The second-order valence-electron chi connectivity index (χ2n) is 3.76. The number of aliphatic hydroxyl groups excluding tert-OH is 1. The zero-order valence-corrected chi connectivity index (χ0v) is 12.3. The zero-order valence-electron chi connectivity index (χ0n) is 10.6. The van der Waals surface area contributed by atoms with Crippen molar-refractivity contribution in [3.8, 4) is 0 Å². The van der Waals surface area contributed by atoms with Crippen LogP contribution in [0.15, 0.2) is 17.6 Å². The maximum absolute atomic E-state index is 11.5. The molecule has 7 heteroatoms. The maximum Gasteiger partial charge on any atom is 0.248 e. The first-order chi connectivity index (χ1) is 8.65. The standard InChI is InChI=1S/C11H19N3O2S2/c1-14-6-4-13-11(14)18-8-5-12-10(16)9(15)3-7-17-2/h4,6,9,15H,3,5,7-8H2,1-2H3,(H,12,16)/t9-/m0/s1. The van der Waals surface area contributed by atoms with Crippen LogP contribution in [-0.4, -0.2) is 51.0 Å². The van der Waals surface area contributed by atoms with Crippen LogP contribution in [-0.2, 0) is 11.8 Å². The van der Waals surface area contributed by atoms with E-state index >= 15 is 0 Å². The Bertz CT molecular complexity index is 371. The van der Waals surface area contributed by atoms with E-state index in [0.29, 0.717) is 13.0 Å². The molecule has 0 aromatic carbocycles. The van der Waals surface area contributed by atoms with Crippen LogP contribution in [0.2, 0.25) is 0 Å². The summed E-state index contributed by atoms with van der Waals surface area (Å²) < 4.78 is 1.93. The molecular weight excluding hydrogens is 270 g/mol. The summed E-state index contributed by atoms with van der Waals surface area (Å²) in [6, 6.07) is 0. The molecule has 0 spiro atoms. The molecule has 1 atom stereocenters. The maximum atomic E-state index is 11.5. The molecule has 1 aromatic heterocycles. The van der Waals surface area contributed by atoms with Gasteiger partial charge < -0.3 is 15.0 Å². The van der Waals surface area contributed by atoms with E-state index in [-0.39, 0.29) is 5.91 Å². The van der Waals surface area contributed by atoms with E-state index in [4.69, 9.17) is 0 Å². The van der Waals surface area contributed by atoms with Crippen molar-refractivity contribution in [2.24, 2.45) is 7.05 Å². The number of rotatable bonds is 8. The number of nitrogens with zero attached hydrogens (tertiary/aromatic N) is 2. The fourth-order valence-corrected chi connectivity index (χ4v) is 2.53.